The molecule has 1 unspecified atom stereocenters. The Bertz CT molecular complexity index is 737. The van der Waals surface area contributed by atoms with E-state index in [9.17, 15) is 9.59 Å². The van der Waals surface area contributed by atoms with Gasteiger partial charge in [0.1, 0.15) is 0 Å². The van der Waals surface area contributed by atoms with Crippen molar-refractivity contribution in [2.24, 2.45) is 0 Å². The van der Waals surface area contributed by atoms with Crippen molar-refractivity contribution < 1.29 is 19.8 Å². The Morgan fingerprint density at radius 2 is 1.32 bits per heavy atom. The van der Waals surface area contributed by atoms with E-state index in [-0.39, 0.29) is 0 Å². The predicted octanol–water partition coefficient (Wildman–Crippen LogP) is 4.17. The third-order valence-corrected chi connectivity index (χ3v) is 4.66. The molecule has 148 valence electrons. The highest BCUT2D eigenvalue weighted by Gasteiger charge is 2.22. The Morgan fingerprint density at radius 3 is 1.82 bits per heavy atom. The molecule has 0 amide bonds. The molecule has 5 nitrogen and oxygen atoms in total. The molecule has 1 aliphatic rings. The normalized spacial score (nSPS) is 15.4. The van der Waals surface area contributed by atoms with Crippen LogP contribution in [0, 0.1) is 0 Å². The fourth-order valence-electron chi connectivity index (χ4n) is 3.34. The lowest BCUT2D eigenvalue weighted by Crippen LogP contribution is -2.34. The highest BCUT2D eigenvalue weighted by atomic mass is 16.4. The van der Waals surface area contributed by atoms with E-state index < -0.39 is 11.9 Å². The molecule has 0 aliphatic carbocycles. The molecular weight excluding hydrogens is 354 g/mol. The zero-order valence-electron chi connectivity index (χ0n) is 15.9. The van der Waals surface area contributed by atoms with E-state index in [0.717, 1.165) is 6.42 Å². The maximum atomic E-state index is 9.55. The lowest BCUT2D eigenvalue weighted by molar-refractivity contribution is -0.134. The molecule has 0 radical (unpaired) electrons. The molecule has 2 aromatic rings. The molecule has 2 aromatic carbocycles. The van der Waals surface area contributed by atoms with E-state index in [1.54, 1.807) is 0 Å². The number of hydrogen-bond donors (Lipinski definition) is 2. The number of hydrogen-bond acceptors (Lipinski definition) is 3. The minimum Gasteiger partial charge on any atom is -0.478 e. The third kappa shape index (κ3) is 7.76. The smallest absolute Gasteiger partial charge is 0.328 e. The van der Waals surface area contributed by atoms with Gasteiger partial charge in [0.15, 0.2) is 0 Å². The predicted molar refractivity (Wildman–Crippen MR) is 109 cm³/mol. The van der Waals surface area contributed by atoms with Crippen LogP contribution in [0.2, 0.25) is 0 Å². The lowest BCUT2D eigenvalue weighted by Gasteiger charge is -2.35. The van der Waals surface area contributed by atoms with Crippen LogP contribution in [0.3, 0.4) is 0 Å². The molecule has 0 saturated carbocycles. The molecule has 1 heterocycles. The summed E-state index contributed by atoms with van der Waals surface area (Å²) in [5, 5.41) is 15.6. The highest BCUT2D eigenvalue weighted by Crippen LogP contribution is 2.27. The van der Waals surface area contributed by atoms with Crippen LogP contribution in [-0.4, -0.2) is 40.1 Å². The summed E-state index contributed by atoms with van der Waals surface area (Å²) in [5.74, 6) is -2.51. The van der Waals surface area contributed by atoms with E-state index in [1.165, 1.54) is 43.5 Å². The van der Waals surface area contributed by atoms with Gasteiger partial charge in [0, 0.05) is 18.2 Å². The Balaban J connectivity index is 0.000000300. The second-order valence-electron chi connectivity index (χ2n) is 6.72. The SMILES string of the molecule is O=C(O)/C=C\C(=O)O.c1ccc(CC(c2ccccc2)N2CCCCC2)cc1. The van der Waals surface area contributed by atoms with E-state index in [1.807, 2.05) is 0 Å². The number of likely N-dealkylation sites (tertiary alicyclic amines) is 1. The number of carbonyl (C=O) groups is 2. The van der Waals surface area contributed by atoms with Gasteiger partial charge in [0.25, 0.3) is 0 Å². The Hall–Kier alpha value is -2.92. The van der Waals surface area contributed by atoms with Gasteiger partial charge in [-0.05, 0) is 43.5 Å². The van der Waals surface area contributed by atoms with Crippen LogP contribution in [0.4, 0.5) is 0 Å². The molecule has 3 rings (SSSR count). The van der Waals surface area contributed by atoms with E-state index >= 15 is 0 Å². The van der Waals surface area contributed by atoms with Gasteiger partial charge in [0.2, 0.25) is 0 Å². The lowest BCUT2D eigenvalue weighted by atomic mass is 9.95. The second-order valence-corrected chi connectivity index (χ2v) is 6.72. The first-order chi connectivity index (χ1) is 13.6. The first kappa shape index (κ1) is 21.4. The summed E-state index contributed by atoms with van der Waals surface area (Å²) >= 11 is 0. The molecule has 5 heteroatoms. The van der Waals surface area contributed by atoms with Crippen molar-refractivity contribution in [3.05, 3.63) is 83.9 Å². The van der Waals surface area contributed by atoms with Crippen LogP contribution < -0.4 is 0 Å². The summed E-state index contributed by atoms with van der Waals surface area (Å²) in [7, 11) is 0. The third-order valence-electron chi connectivity index (χ3n) is 4.66. The van der Waals surface area contributed by atoms with Crippen LogP contribution in [0.5, 0.6) is 0 Å². The summed E-state index contributed by atoms with van der Waals surface area (Å²) in [6.45, 7) is 2.48. The van der Waals surface area contributed by atoms with Crippen LogP contribution in [-0.2, 0) is 16.0 Å². The minimum absolute atomic E-state index is 0.527. The quantitative estimate of drug-likeness (QED) is 0.735. The summed E-state index contributed by atoms with van der Waals surface area (Å²) in [4.78, 5) is 21.8. The standard InChI is InChI=1S/C19H23N.C4H4O4/c1-4-10-17(11-5-1)16-19(18-12-6-2-7-13-18)20-14-8-3-9-15-20;5-3(6)1-2-4(7)8/h1-2,4-7,10-13,19H,3,8-9,14-16H2;1-2H,(H,5,6)(H,7,8)/b;2-1-. The van der Waals surface area contributed by atoms with Crippen molar-refractivity contribution in [3.8, 4) is 0 Å². The van der Waals surface area contributed by atoms with Gasteiger partial charge in [0.05, 0.1) is 0 Å². The molecule has 0 aromatic heterocycles. The highest BCUT2D eigenvalue weighted by molar-refractivity contribution is 5.89. The van der Waals surface area contributed by atoms with Crippen molar-refractivity contribution in [1.29, 1.82) is 0 Å². The monoisotopic (exact) mass is 381 g/mol. The summed E-state index contributed by atoms with van der Waals surface area (Å²) < 4.78 is 0. The van der Waals surface area contributed by atoms with Gasteiger partial charge in [-0.3, -0.25) is 4.90 Å². The molecular formula is C23H27NO4. The fraction of sp³-hybridized carbons (Fsp3) is 0.304. The average molecular weight is 381 g/mol. The Labute approximate surface area is 165 Å². The van der Waals surface area contributed by atoms with Gasteiger partial charge in [-0.2, -0.15) is 0 Å². The van der Waals surface area contributed by atoms with Crippen molar-refractivity contribution in [2.75, 3.05) is 13.1 Å². The van der Waals surface area contributed by atoms with Crippen LogP contribution in [0.15, 0.2) is 72.8 Å². The molecule has 1 fully saturated rings. The summed E-state index contributed by atoms with van der Waals surface area (Å²) in [5.41, 5.74) is 2.89. The Morgan fingerprint density at radius 1 is 0.821 bits per heavy atom. The zero-order valence-corrected chi connectivity index (χ0v) is 15.9. The number of benzene rings is 2. The van der Waals surface area contributed by atoms with Crippen LogP contribution in [0.25, 0.3) is 0 Å². The molecule has 0 bridgehead atoms. The topological polar surface area (TPSA) is 77.8 Å². The van der Waals surface area contributed by atoms with Crippen molar-refractivity contribution in [3.63, 3.8) is 0 Å². The summed E-state index contributed by atoms with van der Waals surface area (Å²) in [6.07, 6.45) is 6.31. The molecule has 0 spiro atoms. The molecule has 1 atom stereocenters. The van der Waals surface area contributed by atoms with Gasteiger partial charge in [-0.15, -0.1) is 0 Å². The second kappa shape index (κ2) is 11.7. The van der Waals surface area contributed by atoms with E-state index in [2.05, 4.69) is 65.6 Å². The number of nitrogens with zero attached hydrogens (tertiary/aromatic N) is 1. The number of piperidine rings is 1. The van der Waals surface area contributed by atoms with Crippen molar-refractivity contribution >= 4 is 11.9 Å². The van der Waals surface area contributed by atoms with E-state index in [4.69, 9.17) is 10.2 Å². The first-order valence-electron chi connectivity index (χ1n) is 9.53. The van der Waals surface area contributed by atoms with E-state index in [0.29, 0.717) is 18.2 Å². The maximum absolute atomic E-state index is 9.55. The Kier molecular flexibility index (Phi) is 8.95. The van der Waals surface area contributed by atoms with Gasteiger partial charge >= 0.3 is 11.9 Å². The molecule has 1 aliphatic heterocycles. The van der Waals surface area contributed by atoms with Crippen LogP contribution in [0.1, 0.15) is 36.4 Å². The fourth-order valence-corrected chi connectivity index (χ4v) is 3.34. The number of carboxylic acids is 2. The molecule has 28 heavy (non-hydrogen) atoms. The number of carboxylic acid groups (broad SMARTS) is 2. The van der Waals surface area contributed by atoms with Gasteiger partial charge in [-0.1, -0.05) is 67.1 Å². The number of aliphatic carboxylic acids is 2. The minimum atomic E-state index is -1.26. The first-order valence-corrected chi connectivity index (χ1v) is 9.53. The number of rotatable bonds is 6. The molecule has 1 saturated heterocycles. The van der Waals surface area contributed by atoms with Gasteiger partial charge in [-0.25, -0.2) is 9.59 Å². The van der Waals surface area contributed by atoms with Crippen molar-refractivity contribution in [2.45, 2.75) is 31.7 Å². The summed E-state index contributed by atoms with van der Waals surface area (Å²) in [6, 6.07) is 22.4. The zero-order chi connectivity index (χ0) is 20.2. The molecule has 2 N–H and O–H groups in total. The van der Waals surface area contributed by atoms with Crippen molar-refractivity contribution in [1.82, 2.24) is 4.90 Å². The van der Waals surface area contributed by atoms with Crippen LogP contribution >= 0.6 is 0 Å². The average Bonchev–Trinajstić information content (AvgIpc) is 2.73. The van der Waals surface area contributed by atoms with Gasteiger partial charge < -0.3 is 10.2 Å². The maximum Gasteiger partial charge on any atom is 0.328 e. The largest absolute Gasteiger partial charge is 0.478 e.